The fourth-order valence-electron chi connectivity index (χ4n) is 1.35. The zero-order chi connectivity index (χ0) is 13.2. The molecule has 0 aromatic heterocycles. The Morgan fingerprint density at radius 2 is 1.56 bits per heavy atom. The number of carbonyl (C=O) groups is 1. The average molecular weight is 249 g/mol. The van der Waals surface area contributed by atoms with Crippen molar-refractivity contribution >= 4 is 15.7 Å². The Morgan fingerprint density at radius 3 is 1.88 bits per heavy atom. The summed E-state index contributed by atoms with van der Waals surface area (Å²) < 4.78 is 22.4. The molecule has 0 aromatic rings. The monoisotopic (exact) mass is 249 g/mol. The number of amides is 1. The van der Waals surface area contributed by atoms with Gasteiger partial charge in [-0.05, 0) is 5.41 Å². The Hall–Kier alpha value is -0.580. The zero-order valence-electron chi connectivity index (χ0n) is 11.0. The lowest BCUT2D eigenvalue weighted by molar-refractivity contribution is -0.128. The third-order valence-electron chi connectivity index (χ3n) is 2.06. The Labute approximate surface area is 98.7 Å². The van der Waals surface area contributed by atoms with Gasteiger partial charge in [-0.15, -0.1) is 0 Å². The van der Waals surface area contributed by atoms with Crippen molar-refractivity contribution in [3.05, 3.63) is 0 Å². The van der Waals surface area contributed by atoms with Gasteiger partial charge in [0.25, 0.3) is 0 Å². The van der Waals surface area contributed by atoms with Gasteiger partial charge in [0.1, 0.15) is 9.84 Å². The molecule has 0 saturated heterocycles. The molecule has 0 aliphatic rings. The Morgan fingerprint density at radius 1 is 1.12 bits per heavy atom. The van der Waals surface area contributed by atoms with Gasteiger partial charge in [-0.1, -0.05) is 34.6 Å². The summed E-state index contributed by atoms with van der Waals surface area (Å²) in [5.74, 6) is 0.0128. The minimum absolute atomic E-state index is 0.0610. The number of hydrogen-bond acceptors (Lipinski definition) is 3. The molecule has 0 saturated carbocycles. The lowest BCUT2D eigenvalue weighted by atomic mass is 9.93. The predicted octanol–water partition coefficient (Wildman–Crippen LogP) is 1.22. The van der Waals surface area contributed by atoms with Crippen LogP contribution in [0.1, 0.15) is 34.6 Å². The maximum atomic E-state index is 11.6. The minimum atomic E-state index is -3.02. The van der Waals surface area contributed by atoms with E-state index in [2.05, 4.69) is 5.32 Å². The van der Waals surface area contributed by atoms with Crippen LogP contribution in [-0.4, -0.2) is 32.9 Å². The van der Waals surface area contributed by atoms with Gasteiger partial charge in [-0.25, -0.2) is 8.42 Å². The second-order valence-electron chi connectivity index (χ2n) is 6.17. The van der Waals surface area contributed by atoms with Crippen molar-refractivity contribution in [1.82, 2.24) is 5.32 Å². The van der Waals surface area contributed by atoms with Crippen LogP contribution in [0, 0.1) is 10.8 Å². The van der Waals surface area contributed by atoms with Crippen LogP contribution in [0.5, 0.6) is 0 Å². The molecule has 4 nitrogen and oxygen atoms in total. The van der Waals surface area contributed by atoms with E-state index in [9.17, 15) is 13.2 Å². The molecule has 0 rings (SSSR count). The molecule has 0 unspecified atom stereocenters. The van der Waals surface area contributed by atoms with Crippen LogP contribution in [0.25, 0.3) is 0 Å². The highest BCUT2D eigenvalue weighted by Crippen LogP contribution is 2.18. The van der Waals surface area contributed by atoms with Gasteiger partial charge in [-0.2, -0.15) is 0 Å². The molecule has 0 fully saturated rings. The molecule has 0 bridgehead atoms. The van der Waals surface area contributed by atoms with E-state index in [1.807, 2.05) is 34.6 Å². The molecule has 0 aliphatic heterocycles. The van der Waals surface area contributed by atoms with Crippen LogP contribution < -0.4 is 5.32 Å². The summed E-state index contributed by atoms with van der Waals surface area (Å²) in [4.78, 5) is 11.6. The van der Waals surface area contributed by atoms with Crippen molar-refractivity contribution in [3.8, 4) is 0 Å². The topological polar surface area (TPSA) is 63.2 Å². The van der Waals surface area contributed by atoms with Crippen LogP contribution in [-0.2, 0) is 14.6 Å². The molecule has 0 aromatic carbocycles. The number of sulfone groups is 1. The Kier molecular flexibility index (Phi) is 4.56. The molecule has 96 valence electrons. The van der Waals surface area contributed by atoms with E-state index in [-0.39, 0.29) is 11.7 Å². The standard InChI is InChI=1S/C11H23NO3S/c1-10(2,3)9(13)12-7-11(4,5)8-16(6,14)15/h7-8H2,1-6H3,(H,12,13). The second kappa shape index (κ2) is 4.73. The van der Waals surface area contributed by atoms with Crippen molar-refractivity contribution < 1.29 is 13.2 Å². The maximum absolute atomic E-state index is 11.6. The summed E-state index contributed by atoms with van der Waals surface area (Å²) in [7, 11) is -3.02. The molecular formula is C11H23NO3S. The summed E-state index contributed by atoms with van der Waals surface area (Å²) in [6.45, 7) is 9.51. The maximum Gasteiger partial charge on any atom is 0.225 e. The van der Waals surface area contributed by atoms with Crippen molar-refractivity contribution in [1.29, 1.82) is 0 Å². The lowest BCUT2D eigenvalue weighted by Crippen LogP contribution is -2.42. The normalized spacial score (nSPS) is 13.6. The molecule has 1 amide bonds. The predicted molar refractivity (Wildman–Crippen MR) is 66.0 cm³/mol. The van der Waals surface area contributed by atoms with E-state index in [1.165, 1.54) is 6.26 Å². The first kappa shape index (κ1) is 15.4. The summed E-state index contributed by atoms with van der Waals surface area (Å²) in [5, 5.41) is 2.78. The van der Waals surface area contributed by atoms with Gasteiger partial charge in [-0.3, -0.25) is 4.79 Å². The lowest BCUT2D eigenvalue weighted by Gasteiger charge is -2.26. The average Bonchev–Trinajstić information content (AvgIpc) is 1.93. The van der Waals surface area contributed by atoms with Crippen LogP contribution in [0.4, 0.5) is 0 Å². The van der Waals surface area contributed by atoms with Crippen molar-refractivity contribution in [2.45, 2.75) is 34.6 Å². The van der Waals surface area contributed by atoms with Crippen LogP contribution in [0.3, 0.4) is 0 Å². The molecule has 5 heteroatoms. The van der Waals surface area contributed by atoms with Crippen LogP contribution in [0.15, 0.2) is 0 Å². The van der Waals surface area contributed by atoms with E-state index in [4.69, 9.17) is 0 Å². The highest BCUT2D eigenvalue weighted by molar-refractivity contribution is 7.90. The minimum Gasteiger partial charge on any atom is -0.355 e. The van der Waals surface area contributed by atoms with E-state index in [0.717, 1.165) is 0 Å². The fraction of sp³-hybridized carbons (Fsp3) is 0.909. The summed E-state index contributed by atoms with van der Waals surface area (Å²) in [6.07, 6.45) is 1.21. The first-order valence-corrected chi connectivity index (χ1v) is 7.36. The molecular weight excluding hydrogens is 226 g/mol. The molecule has 16 heavy (non-hydrogen) atoms. The van der Waals surface area contributed by atoms with Gasteiger partial charge in [0.15, 0.2) is 0 Å². The SMILES string of the molecule is CC(C)(CNC(=O)C(C)(C)C)CS(C)(=O)=O. The molecule has 0 atom stereocenters. The molecule has 1 N–H and O–H groups in total. The van der Waals surface area contributed by atoms with Gasteiger partial charge in [0.05, 0.1) is 5.75 Å². The third kappa shape index (κ3) is 6.82. The summed E-state index contributed by atoms with van der Waals surface area (Å²) >= 11 is 0. The molecule has 0 radical (unpaired) electrons. The third-order valence-corrected chi connectivity index (χ3v) is 3.37. The van der Waals surface area contributed by atoms with Gasteiger partial charge in [0.2, 0.25) is 5.91 Å². The first-order chi connectivity index (χ1) is 6.83. The van der Waals surface area contributed by atoms with E-state index in [1.54, 1.807) is 0 Å². The highest BCUT2D eigenvalue weighted by Gasteiger charge is 2.27. The molecule has 0 spiro atoms. The molecule has 0 heterocycles. The second-order valence-corrected chi connectivity index (χ2v) is 8.31. The highest BCUT2D eigenvalue weighted by atomic mass is 32.2. The van der Waals surface area contributed by atoms with Gasteiger partial charge in [0, 0.05) is 18.2 Å². The summed E-state index contributed by atoms with van der Waals surface area (Å²) in [6, 6.07) is 0. The fourth-order valence-corrected chi connectivity index (χ4v) is 2.87. The Balaban J connectivity index is 4.36. The first-order valence-electron chi connectivity index (χ1n) is 5.30. The quantitative estimate of drug-likeness (QED) is 0.815. The van der Waals surface area contributed by atoms with Crippen LogP contribution >= 0.6 is 0 Å². The van der Waals surface area contributed by atoms with Crippen molar-refractivity contribution in [2.75, 3.05) is 18.6 Å². The van der Waals surface area contributed by atoms with Crippen molar-refractivity contribution in [2.24, 2.45) is 10.8 Å². The van der Waals surface area contributed by atoms with Crippen molar-refractivity contribution in [3.63, 3.8) is 0 Å². The zero-order valence-corrected chi connectivity index (χ0v) is 11.9. The Bertz CT molecular complexity index is 350. The van der Waals surface area contributed by atoms with Gasteiger partial charge < -0.3 is 5.32 Å². The van der Waals surface area contributed by atoms with Crippen LogP contribution in [0.2, 0.25) is 0 Å². The van der Waals surface area contributed by atoms with E-state index < -0.39 is 20.7 Å². The molecule has 0 aliphatic carbocycles. The number of hydrogen-bond donors (Lipinski definition) is 1. The number of nitrogens with one attached hydrogen (secondary N) is 1. The summed E-state index contributed by atoms with van der Waals surface area (Å²) in [5.41, 5.74) is -0.879. The largest absolute Gasteiger partial charge is 0.355 e. The number of carbonyl (C=O) groups excluding carboxylic acids is 1. The van der Waals surface area contributed by atoms with E-state index >= 15 is 0 Å². The van der Waals surface area contributed by atoms with E-state index in [0.29, 0.717) is 6.54 Å². The van der Waals surface area contributed by atoms with Gasteiger partial charge >= 0.3 is 0 Å². The smallest absolute Gasteiger partial charge is 0.225 e. The number of rotatable bonds is 4.